The summed E-state index contributed by atoms with van der Waals surface area (Å²) in [5.41, 5.74) is 2.61. The number of anilines is 1. The zero-order chi connectivity index (χ0) is 13.4. The molecule has 2 aromatic carbocycles. The van der Waals surface area contributed by atoms with E-state index in [0.29, 0.717) is 16.9 Å². The highest BCUT2D eigenvalue weighted by atomic mass is 19.2. The van der Waals surface area contributed by atoms with Gasteiger partial charge in [-0.1, -0.05) is 12.1 Å². The predicted molar refractivity (Wildman–Crippen MR) is 71.0 cm³/mol. The van der Waals surface area contributed by atoms with E-state index in [1.54, 1.807) is 7.05 Å². The number of imidazole rings is 1. The highest BCUT2D eigenvalue weighted by Crippen LogP contribution is 2.27. The van der Waals surface area contributed by atoms with Crippen LogP contribution in [0, 0.1) is 11.6 Å². The monoisotopic (exact) mass is 259 g/mol. The van der Waals surface area contributed by atoms with Gasteiger partial charge in [0, 0.05) is 30.4 Å². The number of fused-ring (bicyclic) bond motifs is 1. The second-order valence-electron chi connectivity index (χ2n) is 4.16. The minimum atomic E-state index is -0.896. The van der Waals surface area contributed by atoms with Gasteiger partial charge in [-0.05, 0) is 12.1 Å². The molecule has 0 fully saturated rings. The maximum Gasteiger partial charge on any atom is 0.161 e. The molecule has 0 saturated heterocycles. The van der Waals surface area contributed by atoms with Crippen molar-refractivity contribution in [2.45, 2.75) is 0 Å². The third-order valence-electron chi connectivity index (χ3n) is 2.98. The van der Waals surface area contributed by atoms with E-state index < -0.39 is 11.6 Å². The Hall–Kier alpha value is -2.43. The van der Waals surface area contributed by atoms with E-state index in [1.165, 1.54) is 0 Å². The molecule has 2 N–H and O–H groups in total. The first-order valence-corrected chi connectivity index (χ1v) is 5.81. The topological polar surface area (TPSA) is 40.7 Å². The van der Waals surface area contributed by atoms with Gasteiger partial charge in [0.05, 0.1) is 11.0 Å². The van der Waals surface area contributed by atoms with Crippen LogP contribution in [0.4, 0.5) is 14.5 Å². The molecule has 3 rings (SSSR count). The highest BCUT2D eigenvalue weighted by molar-refractivity contribution is 5.83. The fraction of sp³-hybridized carbons (Fsp3) is 0.0714. The van der Waals surface area contributed by atoms with E-state index in [1.807, 2.05) is 24.3 Å². The quantitative estimate of drug-likeness (QED) is 0.739. The molecule has 19 heavy (non-hydrogen) atoms. The van der Waals surface area contributed by atoms with Crippen LogP contribution in [0.1, 0.15) is 0 Å². The number of H-pyrrole nitrogens is 1. The lowest BCUT2D eigenvalue weighted by molar-refractivity contribution is 0.510. The minimum Gasteiger partial charge on any atom is -0.388 e. The Morgan fingerprint density at radius 3 is 2.63 bits per heavy atom. The molecule has 0 unspecified atom stereocenters. The third kappa shape index (κ3) is 1.93. The molecule has 3 nitrogen and oxygen atoms in total. The lowest BCUT2D eigenvalue weighted by Gasteiger charge is -2.05. The van der Waals surface area contributed by atoms with Crippen molar-refractivity contribution in [1.29, 1.82) is 0 Å². The Morgan fingerprint density at radius 2 is 1.84 bits per heavy atom. The number of hydrogen-bond acceptors (Lipinski definition) is 2. The number of benzene rings is 2. The summed E-state index contributed by atoms with van der Waals surface area (Å²) < 4.78 is 26.3. The molecule has 0 spiro atoms. The lowest BCUT2D eigenvalue weighted by Crippen LogP contribution is -1.92. The summed E-state index contributed by atoms with van der Waals surface area (Å²) in [4.78, 5) is 7.29. The number of hydrogen-bond donors (Lipinski definition) is 2. The first kappa shape index (κ1) is 11.6. The van der Waals surface area contributed by atoms with Gasteiger partial charge in [0.25, 0.3) is 0 Å². The summed E-state index contributed by atoms with van der Waals surface area (Å²) >= 11 is 0. The first-order chi connectivity index (χ1) is 9.19. The van der Waals surface area contributed by atoms with Crippen LogP contribution in [0.15, 0.2) is 36.4 Å². The van der Waals surface area contributed by atoms with Crippen LogP contribution in [-0.4, -0.2) is 17.0 Å². The van der Waals surface area contributed by atoms with Crippen molar-refractivity contribution in [1.82, 2.24) is 9.97 Å². The Morgan fingerprint density at radius 1 is 1.11 bits per heavy atom. The largest absolute Gasteiger partial charge is 0.388 e. The van der Waals surface area contributed by atoms with Gasteiger partial charge in [-0.3, -0.25) is 0 Å². The average molecular weight is 259 g/mol. The number of nitrogens with one attached hydrogen (secondary N) is 2. The summed E-state index contributed by atoms with van der Waals surface area (Å²) in [5.74, 6) is -1.21. The molecule has 3 aromatic rings. The van der Waals surface area contributed by atoms with Crippen molar-refractivity contribution in [2.75, 3.05) is 12.4 Å². The molecule has 0 radical (unpaired) electrons. The van der Waals surface area contributed by atoms with Crippen molar-refractivity contribution >= 4 is 16.7 Å². The van der Waals surface area contributed by atoms with Crippen LogP contribution >= 0.6 is 0 Å². The molecule has 5 heteroatoms. The fourth-order valence-electron chi connectivity index (χ4n) is 2.04. The van der Waals surface area contributed by atoms with E-state index >= 15 is 0 Å². The molecule has 1 heterocycles. The van der Waals surface area contributed by atoms with Gasteiger partial charge in [0.15, 0.2) is 11.6 Å². The molecule has 96 valence electrons. The average Bonchev–Trinajstić information content (AvgIpc) is 2.82. The summed E-state index contributed by atoms with van der Waals surface area (Å²) in [5, 5.41) is 3.05. The number of aromatic nitrogens is 2. The summed E-state index contributed by atoms with van der Waals surface area (Å²) in [7, 11) is 1.81. The maximum absolute atomic E-state index is 13.2. The summed E-state index contributed by atoms with van der Waals surface area (Å²) in [6, 6.07) is 9.78. The normalized spacial score (nSPS) is 10.9. The predicted octanol–water partition coefficient (Wildman–Crippen LogP) is 3.55. The fourth-order valence-corrected chi connectivity index (χ4v) is 2.04. The number of para-hydroxylation sites is 1. The molecule has 1 aromatic heterocycles. The second-order valence-corrected chi connectivity index (χ2v) is 4.16. The van der Waals surface area contributed by atoms with Crippen molar-refractivity contribution in [3.8, 4) is 11.4 Å². The molecule has 0 amide bonds. The molecular weight excluding hydrogens is 248 g/mol. The Labute approximate surface area is 108 Å². The third-order valence-corrected chi connectivity index (χ3v) is 2.98. The van der Waals surface area contributed by atoms with Gasteiger partial charge >= 0.3 is 0 Å². The van der Waals surface area contributed by atoms with Gasteiger partial charge in [-0.2, -0.15) is 0 Å². The molecular formula is C14H11F2N3. The number of nitrogens with zero attached hydrogens (tertiary/aromatic N) is 1. The molecule has 0 bridgehead atoms. The smallest absolute Gasteiger partial charge is 0.161 e. The molecule has 0 aliphatic carbocycles. The Bertz CT molecular complexity index is 711. The van der Waals surface area contributed by atoms with Gasteiger partial charge in [0.2, 0.25) is 0 Å². The number of aromatic amines is 1. The van der Waals surface area contributed by atoms with E-state index in [0.717, 1.165) is 23.4 Å². The maximum atomic E-state index is 13.2. The van der Waals surface area contributed by atoms with Crippen LogP contribution in [0.5, 0.6) is 0 Å². The van der Waals surface area contributed by atoms with Crippen LogP contribution in [0.3, 0.4) is 0 Å². The second kappa shape index (κ2) is 4.35. The van der Waals surface area contributed by atoms with Gasteiger partial charge in [-0.25, -0.2) is 13.8 Å². The van der Waals surface area contributed by atoms with Gasteiger partial charge in [0.1, 0.15) is 5.82 Å². The molecule has 0 aliphatic heterocycles. The van der Waals surface area contributed by atoms with Crippen LogP contribution in [0.2, 0.25) is 0 Å². The lowest BCUT2D eigenvalue weighted by atomic mass is 10.1. The SMILES string of the molecule is CNc1ccccc1-c1nc2cc(F)c(F)cc2[nH]1. The van der Waals surface area contributed by atoms with Gasteiger partial charge in [-0.15, -0.1) is 0 Å². The zero-order valence-corrected chi connectivity index (χ0v) is 10.2. The highest BCUT2D eigenvalue weighted by Gasteiger charge is 2.11. The van der Waals surface area contributed by atoms with Crippen LogP contribution in [-0.2, 0) is 0 Å². The first-order valence-electron chi connectivity index (χ1n) is 5.81. The molecule has 0 saturated carbocycles. The van der Waals surface area contributed by atoms with Crippen molar-refractivity contribution < 1.29 is 8.78 Å². The van der Waals surface area contributed by atoms with Gasteiger partial charge < -0.3 is 10.3 Å². The van der Waals surface area contributed by atoms with Crippen LogP contribution in [0.25, 0.3) is 22.4 Å². The summed E-state index contributed by atoms with van der Waals surface area (Å²) in [6.45, 7) is 0. The van der Waals surface area contributed by atoms with Crippen LogP contribution < -0.4 is 5.32 Å². The van der Waals surface area contributed by atoms with E-state index in [-0.39, 0.29) is 0 Å². The minimum absolute atomic E-state index is 0.403. The number of rotatable bonds is 2. The molecule has 0 aliphatic rings. The number of halogens is 2. The van der Waals surface area contributed by atoms with Crippen molar-refractivity contribution in [3.05, 3.63) is 48.0 Å². The zero-order valence-electron chi connectivity index (χ0n) is 10.2. The van der Waals surface area contributed by atoms with E-state index in [2.05, 4.69) is 15.3 Å². The van der Waals surface area contributed by atoms with E-state index in [4.69, 9.17) is 0 Å². The summed E-state index contributed by atoms with van der Waals surface area (Å²) in [6.07, 6.45) is 0. The molecule has 0 atom stereocenters. The standard InChI is InChI=1S/C14H11F2N3/c1-17-11-5-3-2-4-8(11)14-18-12-6-9(15)10(16)7-13(12)19-14/h2-7,17H,1H3,(H,18,19). The Balaban J connectivity index is 2.20. The Kier molecular flexibility index (Phi) is 2.67. The van der Waals surface area contributed by atoms with Crippen molar-refractivity contribution in [3.63, 3.8) is 0 Å². The van der Waals surface area contributed by atoms with Crippen molar-refractivity contribution in [2.24, 2.45) is 0 Å². The van der Waals surface area contributed by atoms with E-state index in [9.17, 15) is 8.78 Å².